The third kappa shape index (κ3) is 1.64. The number of para-hydroxylation sites is 1. The number of rotatable bonds is 1. The summed E-state index contributed by atoms with van der Waals surface area (Å²) in [7, 11) is 0. The fourth-order valence-electron chi connectivity index (χ4n) is 2.57. The fourth-order valence-corrected chi connectivity index (χ4v) is 2.57. The van der Waals surface area contributed by atoms with Gasteiger partial charge >= 0.3 is 0 Å². The second kappa shape index (κ2) is 4.17. The summed E-state index contributed by atoms with van der Waals surface area (Å²) in [6.45, 7) is 3.88. The second-order valence-corrected chi connectivity index (χ2v) is 4.69. The number of nitrogens with zero attached hydrogens (tertiary/aromatic N) is 5. The molecule has 3 heterocycles. The maximum atomic E-state index is 4.78. The van der Waals surface area contributed by atoms with Crippen molar-refractivity contribution in [2.45, 2.75) is 0 Å². The highest BCUT2D eigenvalue weighted by atomic mass is 15.3. The van der Waals surface area contributed by atoms with Crippen LogP contribution in [0.5, 0.6) is 0 Å². The van der Waals surface area contributed by atoms with Crippen LogP contribution in [0.1, 0.15) is 0 Å². The third-order valence-electron chi connectivity index (χ3n) is 3.53. The topological polar surface area (TPSA) is 58.4 Å². The van der Waals surface area contributed by atoms with Gasteiger partial charge in [-0.15, -0.1) is 10.2 Å². The van der Waals surface area contributed by atoms with Crippen molar-refractivity contribution in [3.8, 4) is 0 Å². The quantitative estimate of drug-likeness (QED) is 0.692. The van der Waals surface area contributed by atoms with Crippen LogP contribution in [-0.4, -0.2) is 45.8 Å². The molecule has 3 aromatic rings. The molecule has 1 aliphatic rings. The number of piperazine rings is 1. The Balaban J connectivity index is 1.99. The number of aromatic nitrogens is 4. The Labute approximate surface area is 110 Å². The molecule has 4 rings (SSSR count). The first kappa shape index (κ1) is 10.7. The molecule has 0 spiro atoms. The molecule has 1 aromatic carbocycles. The summed E-state index contributed by atoms with van der Waals surface area (Å²) < 4.78 is 1.98. The second-order valence-electron chi connectivity index (χ2n) is 4.69. The molecule has 1 N–H and O–H groups in total. The van der Waals surface area contributed by atoms with Crippen LogP contribution < -0.4 is 10.2 Å². The summed E-state index contributed by atoms with van der Waals surface area (Å²) in [4.78, 5) is 7.06. The molecule has 96 valence electrons. The van der Waals surface area contributed by atoms with Crippen LogP contribution in [0.25, 0.3) is 16.6 Å². The number of anilines is 1. The van der Waals surface area contributed by atoms with Gasteiger partial charge in [-0.05, 0) is 12.1 Å². The summed E-state index contributed by atoms with van der Waals surface area (Å²) in [5.74, 6) is 0.931. The van der Waals surface area contributed by atoms with Crippen molar-refractivity contribution < 1.29 is 0 Å². The molecule has 1 fully saturated rings. The van der Waals surface area contributed by atoms with Crippen molar-refractivity contribution in [1.82, 2.24) is 24.9 Å². The SMILES string of the molecule is c1ccc2c(c1)nc(N1CCNCC1)n1cnnc21. The smallest absolute Gasteiger partial charge is 0.213 e. The normalized spacial score (nSPS) is 16.3. The molecular formula is C13H14N6. The van der Waals surface area contributed by atoms with Gasteiger partial charge in [0.15, 0.2) is 5.65 Å². The molecule has 0 bridgehead atoms. The predicted molar refractivity (Wildman–Crippen MR) is 73.4 cm³/mol. The van der Waals surface area contributed by atoms with Gasteiger partial charge in [-0.3, -0.25) is 4.40 Å². The molecule has 2 aromatic heterocycles. The van der Waals surface area contributed by atoms with Crippen LogP contribution in [0.4, 0.5) is 5.95 Å². The Kier molecular flexibility index (Phi) is 2.34. The van der Waals surface area contributed by atoms with E-state index in [0.29, 0.717) is 0 Å². The Morgan fingerprint density at radius 1 is 1.11 bits per heavy atom. The van der Waals surface area contributed by atoms with Crippen molar-refractivity contribution in [2.24, 2.45) is 0 Å². The molecule has 19 heavy (non-hydrogen) atoms. The van der Waals surface area contributed by atoms with E-state index in [1.807, 2.05) is 28.7 Å². The highest BCUT2D eigenvalue weighted by Crippen LogP contribution is 2.22. The summed E-state index contributed by atoms with van der Waals surface area (Å²) >= 11 is 0. The van der Waals surface area contributed by atoms with E-state index in [1.165, 1.54) is 0 Å². The highest BCUT2D eigenvalue weighted by Gasteiger charge is 2.17. The van der Waals surface area contributed by atoms with Gasteiger partial charge in [0, 0.05) is 31.6 Å². The van der Waals surface area contributed by atoms with Gasteiger partial charge in [-0.2, -0.15) is 0 Å². The van der Waals surface area contributed by atoms with Crippen LogP contribution in [0.2, 0.25) is 0 Å². The van der Waals surface area contributed by atoms with Crippen LogP contribution in [0.3, 0.4) is 0 Å². The molecule has 0 amide bonds. The lowest BCUT2D eigenvalue weighted by Crippen LogP contribution is -2.44. The largest absolute Gasteiger partial charge is 0.339 e. The van der Waals surface area contributed by atoms with Crippen LogP contribution in [0.15, 0.2) is 30.6 Å². The number of nitrogens with one attached hydrogen (secondary N) is 1. The Morgan fingerprint density at radius 2 is 1.95 bits per heavy atom. The summed E-state index contributed by atoms with van der Waals surface area (Å²) in [5.41, 5.74) is 1.84. The first-order chi connectivity index (χ1) is 9.43. The molecule has 6 heteroatoms. The Bertz CT molecular complexity index is 728. The van der Waals surface area contributed by atoms with E-state index in [1.54, 1.807) is 6.33 Å². The van der Waals surface area contributed by atoms with Gasteiger partial charge in [0.05, 0.1) is 5.52 Å². The van der Waals surface area contributed by atoms with Crippen molar-refractivity contribution in [3.05, 3.63) is 30.6 Å². The van der Waals surface area contributed by atoms with Gasteiger partial charge in [-0.25, -0.2) is 4.98 Å². The van der Waals surface area contributed by atoms with Crippen LogP contribution in [-0.2, 0) is 0 Å². The first-order valence-electron chi connectivity index (χ1n) is 6.47. The molecule has 6 nitrogen and oxygen atoms in total. The number of hydrogen-bond acceptors (Lipinski definition) is 5. The number of fused-ring (bicyclic) bond motifs is 3. The Morgan fingerprint density at radius 3 is 2.84 bits per heavy atom. The van der Waals surface area contributed by atoms with Gasteiger partial charge in [0.1, 0.15) is 6.33 Å². The van der Waals surface area contributed by atoms with Crippen molar-refractivity contribution in [1.29, 1.82) is 0 Å². The van der Waals surface area contributed by atoms with Gasteiger partial charge in [-0.1, -0.05) is 12.1 Å². The van der Waals surface area contributed by atoms with E-state index < -0.39 is 0 Å². The fraction of sp³-hybridized carbons (Fsp3) is 0.308. The minimum atomic E-state index is 0.874. The Hall–Kier alpha value is -2.21. The molecule has 0 atom stereocenters. The maximum Gasteiger partial charge on any atom is 0.213 e. The first-order valence-corrected chi connectivity index (χ1v) is 6.47. The van der Waals surface area contributed by atoms with E-state index in [0.717, 1.165) is 48.7 Å². The van der Waals surface area contributed by atoms with Gasteiger partial charge < -0.3 is 10.2 Å². The standard InChI is InChI=1S/C13H14N6/c1-2-4-11-10(3-1)12-17-15-9-19(12)13(16-11)18-7-5-14-6-8-18/h1-4,9,14H,5-8H2. The summed E-state index contributed by atoms with van der Waals surface area (Å²) in [6, 6.07) is 8.07. The number of hydrogen-bond donors (Lipinski definition) is 1. The maximum absolute atomic E-state index is 4.78. The predicted octanol–water partition coefficient (Wildman–Crippen LogP) is 0.687. The lowest BCUT2D eigenvalue weighted by Gasteiger charge is -2.28. The molecule has 1 aliphatic heterocycles. The zero-order valence-corrected chi connectivity index (χ0v) is 10.5. The molecule has 1 saturated heterocycles. The zero-order chi connectivity index (χ0) is 12.7. The monoisotopic (exact) mass is 254 g/mol. The van der Waals surface area contributed by atoms with Crippen molar-refractivity contribution in [3.63, 3.8) is 0 Å². The summed E-state index contributed by atoms with van der Waals surface area (Å²) in [5, 5.41) is 12.7. The van der Waals surface area contributed by atoms with E-state index in [2.05, 4.69) is 20.4 Å². The molecule has 0 radical (unpaired) electrons. The minimum absolute atomic E-state index is 0.874. The molecule has 0 saturated carbocycles. The average Bonchev–Trinajstić information content (AvgIpc) is 2.97. The molecule has 0 unspecified atom stereocenters. The van der Waals surface area contributed by atoms with Gasteiger partial charge in [0.2, 0.25) is 5.95 Å². The van der Waals surface area contributed by atoms with Crippen LogP contribution in [0, 0.1) is 0 Å². The van der Waals surface area contributed by atoms with Crippen molar-refractivity contribution in [2.75, 3.05) is 31.1 Å². The number of benzene rings is 1. The summed E-state index contributed by atoms with van der Waals surface area (Å²) in [6.07, 6.45) is 1.74. The third-order valence-corrected chi connectivity index (χ3v) is 3.53. The van der Waals surface area contributed by atoms with E-state index in [9.17, 15) is 0 Å². The van der Waals surface area contributed by atoms with Crippen LogP contribution >= 0.6 is 0 Å². The van der Waals surface area contributed by atoms with E-state index >= 15 is 0 Å². The molecular weight excluding hydrogens is 240 g/mol. The van der Waals surface area contributed by atoms with Gasteiger partial charge in [0.25, 0.3) is 0 Å². The zero-order valence-electron chi connectivity index (χ0n) is 10.5. The lowest BCUT2D eigenvalue weighted by atomic mass is 10.2. The lowest BCUT2D eigenvalue weighted by molar-refractivity contribution is 0.578. The molecule has 0 aliphatic carbocycles. The van der Waals surface area contributed by atoms with E-state index in [-0.39, 0.29) is 0 Å². The van der Waals surface area contributed by atoms with Crippen molar-refractivity contribution >= 4 is 22.5 Å². The average molecular weight is 254 g/mol. The van der Waals surface area contributed by atoms with E-state index in [4.69, 9.17) is 4.98 Å². The highest BCUT2D eigenvalue weighted by molar-refractivity contribution is 5.92. The minimum Gasteiger partial charge on any atom is -0.339 e.